The smallest absolute Gasteiger partial charge is 0.322 e. The van der Waals surface area contributed by atoms with Crippen molar-refractivity contribution in [1.29, 1.82) is 0 Å². The van der Waals surface area contributed by atoms with E-state index in [0.29, 0.717) is 12.3 Å². The highest BCUT2D eigenvalue weighted by molar-refractivity contribution is 5.30. The normalized spacial score (nSPS) is 10.2. The molecular weight excluding hydrogens is 248 g/mol. The van der Waals surface area contributed by atoms with E-state index in [1.165, 1.54) is 0 Å². The van der Waals surface area contributed by atoms with Crippen molar-refractivity contribution in [3.63, 3.8) is 0 Å². The molecule has 0 saturated carbocycles. The molecule has 1 heterocycles. The van der Waals surface area contributed by atoms with E-state index < -0.39 is 4.92 Å². The lowest BCUT2D eigenvalue weighted by Crippen LogP contribution is -2.02. The summed E-state index contributed by atoms with van der Waals surface area (Å²) in [4.78, 5) is 17.4. The predicted octanol–water partition coefficient (Wildman–Crippen LogP) is 1.68. The van der Waals surface area contributed by atoms with Crippen molar-refractivity contribution in [1.82, 2.24) is 9.97 Å². The van der Waals surface area contributed by atoms with Gasteiger partial charge in [0.05, 0.1) is 4.92 Å². The first-order valence-corrected chi connectivity index (χ1v) is 5.62. The Balaban J connectivity index is 2.06. The van der Waals surface area contributed by atoms with Gasteiger partial charge < -0.3 is 10.5 Å². The van der Waals surface area contributed by atoms with Crippen LogP contribution in [0, 0.1) is 10.1 Å². The van der Waals surface area contributed by atoms with Crippen molar-refractivity contribution in [2.75, 3.05) is 6.54 Å². The van der Waals surface area contributed by atoms with E-state index in [-0.39, 0.29) is 11.7 Å². The molecule has 7 nitrogen and oxygen atoms in total. The number of nitrogens with zero attached hydrogens (tertiary/aromatic N) is 3. The Kier molecular flexibility index (Phi) is 3.99. The van der Waals surface area contributed by atoms with Gasteiger partial charge in [-0.05, 0) is 30.7 Å². The molecule has 0 unspecified atom stereocenters. The van der Waals surface area contributed by atoms with Gasteiger partial charge >= 0.3 is 11.7 Å². The van der Waals surface area contributed by atoms with Gasteiger partial charge in [0.1, 0.15) is 18.1 Å². The zero-order valence-corrected chi connectivity index (χ0v) is 10.0. The number of rotatable bonds is 5. The lowest BCUT2D eigenvalue weighted by atomic mass is 10.1. The first-order chi connectivity index (χ1) is 9.19. The number of ether oxygens (including phenoxy) is 1. The average Bonchev–Trinajstić information content (AvgIpc) is 2.42. The van der Waals surface area contributed by atoms with Crippen molar-refractivity contribution in [2.24, 2.45) is 5.73 Å². The number of nitrogens with two attached hydrogens (primary N) is 1. The van der Waals surface area contributed by atoms with Crippen molar-refractivity contribution >= 4 is 5.69 Å². The molecule has 1 aromatic carbocycles. The molecule has 0 aliphatic carbocycles. The van der Waals surface area contributed by atoms with Crippen molar-refractivity contribution in [3.8, 4) is 11.8 Å². The summed E-state index contributed by atoms with van der Waals surface area (Å²) in [6.07, 6.45) is 3.00. The first kappa shape index (κ1) is 12.9. The van der Waals surface area contributed by atoms with Gasteiger partial charge in [0, 0.05) is 0 Å². The highest BCUT2D eigenvalue weighted by Gasteiger charge is 2.07. The van der Waals surface area contributed by atoms with Crippen LogP contribution in [0.2, 0.25) is 0 Å². The van der Waals surface area contributed by atoms with Crippen molar-refractivity contribution in [3.05, 3.63) is 52.3 Å². The molecule has 0 atom stereocenters. The van der Waals surface area contributed by atoms with Crippen LogP contribution in [0.3, 0.4) is 0 Å². The molecule has 0 aliphatic rings. The fourth-order valence-corrected chi connectivity index (χ4v) is 1.45. The Bertz CT molecular complexity index is 554. The molecule has 19 heavy (non-hydrogen) atoms. The molecule has 0 saturated heterocycles. The monoisotopic (exact) mass is 260 g/mol. The van der Waals surface area contributed by atoms with Crippen LogP contribution in [0.25, 0.3) is 0 Å². The second-order valence-corrected chi connectivity index (χ2v) is 3.77. The number of aromatic nitrogens is 2. The third-order valence-corrected chi connectivity index (χ3v) is 2.39. The van der Waals surface area contributed by atoms with E-state index >= 15 is 0 Å². The van der Waals surface area contributed by atoms with Gasteiger partial charge in [0.15, 0.2) is 0 Å². The predicted molar refractivity (Wildman–Crippen MR) is 68.0 cm³/mol. The summed E-state index contributed by atoms with van der Waals surface area (Å²) in [6.45, 7) is 0.589. The van der Waals surface area contributed by atoms with Crippen LogP contribution in [0.15, 0.2) is 36.7 Å². The van der Waals surface area contributed by atoms with Crippen LogP contribution in [0.1, 0.15) is 5.56 Å². The third-order valence-electron chi connectivity index (χ3n) is 2.39. The summed E-state index contributed by atoms with van der Waals surface area (Å²) in [5.74, 6) is 0.564. The minimum Gasteiger partial charge on any atom is -0.424 e. The minimum atomic E-state index is -0.564. The van der Waals surface area contributed by atoms with E-state index in [9.17, 15) is 10.1 Å². The second kappa shape index (κ2) is 5.87. The number of hydrogen-bond donors (Lipinski definition) is 1. The number of benzene rings is 1. The van der Waals surface area contributed by atoms with Gasteiger partial charge in [0.2, 0.25) is 0 Å². The molecule has 2 rings (SSSR count). The van der Waals surface area contributed by atoms with Crippen molar-refractivity contribution in [2.45, 2.75) is 6.42 Å². The largest absolute Gasteiger partial charge is 0.424 e. The fraction of sp³-hybridized carbons (Fsp3) is 0.167. The molecule has 0 amide bonds. The molecule has 0 bridgehead atoms. The van der Waals surface area contributed by atoms with Gasteiger partial charge in [-0.1, -0.05) is 12.1 Å². The molecule has 0 fully saturated rings. The maximum atomic E-state index is 10.4. The SMILES string of the molecule is NCCc1ccc(Oc2ncc([N+](=O)[O-])cn2)cc1. The summed E-state index contributed by atoms with van der Waals surface area (Å²) in [6, 6.07) is 7.41. The van der Waals surface area contributed by atoms with Crippen LogP contribution in [0.5, 0.6) is 11.8 Å². The van der Waals surface area contributed by atoms with Crippen LogP contribution < -0.4 is 10.5 Å². The minimum absolute atomic E-state index is 0.0668. The lowest BCUT2D eigenvalue weighted by molar-refractivity contribution is -0.385. The van der Waals surface area contributed by atoms with E-state index in [2.05, 4.69) is 9.97 Å². The van der Waals surface area contributed by atoms with E-state index in [0.717, 1.165) is 24.4 Å². The Morgan fingerprint density at radius 1 is 1.21 bits per heavy atom. The Labute approximate surface area is 109 Å². The third kappa shape index (κ3) is 3.46. The van der Waals surface area contributed by atoms with Crippen molar-refractivity contribution < 1.29 is 9.66 Å². The average molecular weight is 260 g/mol. The maximum absolute atomic E-state index is 10.4. The Morgan fingerprint density at radius 3 is 2.37 bits per heavy atom. The molecule has 7 heteroatoms. The summed E-state index contributed by atoms with van der Waals surface area (Å²) in [7, 11) is 0. The van der Waals surface area contributed by atoms with E-state index in [1.807, 2.05) is 12.1 Å². The molecule has 0 aliphatic heterocycles. The molecule has 98 valence electrons. The maximum Gasteiger partial charge on any atom is 0.322 e. The zero-order chi connectivity index (χ0) is 13.7. The molecule has 1 aromatic heterocycles. The molecule has 0 spiro atoms. The second-order valence-electron chi connectivity index (χ2n) is 3.77. The molecule has 2 N–H and O–H groups in total. The zero-order valence-electron chi connectivity index (χ0n) is 10.0. The fourth-order valence-electron chi connectivity index (χ4n) is 1.45. The van der Waals surface area contributed by atoms with Gasteiger partial charge in [0.25, 0.3) is 0 Å². The molecular formula is C12H12N4O3. The van der Waals surface area contributed by atoms with E-state index in [1.54, 1.807) is 12.1 Å². The van der Waals surface area contributed by atoms with Crippen LogP contribution in [-0.4, -0.2) is 21.4 Å². The summed E-state index contributed by atoms with van der Waals surface area (Å²) >= 11 is 0. The van der Waals surface area contributed by atoms with Gasteiger partial charge in [-0.3, -0.25) is 10.1 Å². The van der Waals surface area contributed by atoms with Crippen LogP contribution in [-0.2, 0) is 6.42 Å². The van der Waals surface area contributed by atoms with Crippen LogP contribution in [0.4, 0.5) is 5.69 Å². The quantitative estimate of drug-likeness (QED) is 0.647. The summed E-state index contributed by atoms with van der Waals surface area (Å²) in [5, 5.41) is 10.4. The van der Waals surface area contributed by atoms with Gasteiger partial charge in [-0.15, -0.1) is 0 Å². The topological polar surface area (TPSA) is 104 Å². The summed E-state index contributed by atoms with van der Waals surface area (Å²) < 4.78 is 5.37. The van der Waals surface area contributed by atoms with Crippen LogP contribution >= 0.6 is 0 Å². The Hall–Kier alpha value is -2.54. The number of nitro groups is 1. The molecule has 2 aromatic rings. The highest BCUT2D eigenvalue weighted by Crippen LogP contribution is 2.19. The number of hydrogen-bond acceptors (Lipinski definition) is 6. The van der Waals surface area contributed by atoms with E-state index in [4.69, 9.17) is 10.5 Å². The lowest BCUT2D eigenvalue weighted by Gasteiger charge is -2.04. The van der Waals surface area contributed by atoms with Gasteiger partial charge in [-0.2, -0.15) is 9.97 Å². The Morgan fingerprint density at radius 2 is 1.84 bits per heavy atom. The molecule has 0 radical (unpaired) electrons. The highest BCUT2D eigenvalue weighted by atomic mass is 16.6. The standard InChI is InChI=1S/C12H12N4O3/c13-6-5-9-1-3-11(4-2-9)19-12-14-7-10(8-15-12)16(17)18/h1-4,7-8H,5-6,13H2. The first-order valence-electron chi connectivity index (χ1n) is 5.62. The summed E-state index contributed by atoms with van der Waals surface area (Å²) in [5.41, 5.74) is 6.39. The van der Waals surface area contributed by atoms with Gasteiger partial charge in [-0.25, -0.2) is 0 Å².